The molecule has 0 radical (unpaired) electrons. The second-order valence-electron chi connectivity index (χ2n) is 8.55. The normalized spacial score (nSPS) is 17.9. The van der Waals surface area contributed by atoms with Gasteiger partial charge in [-0.15, -0.1) is 0 Å². The summed E-state index contributed by atoms with van der Waals surface area (Å²) in [4.78, 5) is 42.5. The van der Waals surface area contributed by atoms with E-state index in [1.807, 2.05) is 97.9 Å². The van der Waals surface area contributed by atoms with Gasteiger partial charge in [0.15, 0.2) is 0 Å². The van der Waals surface area contributed by atoms with Gasteiger partial charge in [-0.05, 0) is 36.8 Å². The van der Waals surface area contributed by atoms with Crippen molar-refractivity contribution in [1.29, 1.82) is 0 Å². The van der Waals surface area contributed by atoms with Gasteiger partial charge >= 0.3 is 12.0 Å². The summed E-state index contributed by atoms with van der Waals surface area (Å²) < 4.78 is 4.98. The zero-order valence-corrected chi connectivity index (χ0v) is 19.8. The van der Waals surface area contributed by atoms with Crippen LogP contribution in [-0.4, -0.2) is 48.5 Å². The first-order valence-electron chi connectivity index (χ1n) is 11.6. The van der Waals surface area contributed by atoms with Crippen molar-refractivity contribution in [2.45, 2.75) is 31.3 Å². The monoisotopic (exact) mass is 471 g/mol. The number of hydrogen-bond acceptors (Lipinski definition) is 4. The summed E-state index contributed by atoms with van der Waals surface area (Å²) >= 11 is 0. The Morgan fingerprint density at radius 3 is 1.91 bits per heavy atom. The number of para-hydroxylation sites is 2. The summed E-state index contributed by atoms with van der Waals surface area (Å²) in [7, 11) is 1.31. The van der Waals surface area contributed by atoms with Crippen LogP contribution in [-0.2, 0) is 14.3 Å². The van der Waals surface area contributed by atoms with Gasteiger partial charge in [-0.1, -0.05) is 66.7 Å². The molecular formula is C28H29N3O4. The number of methoxy groups -OCH3 is 1. The number of nitrogens with one attached hydrogen (secondary N) is 1. The standard InChI is InChI=1S/C28H29N3O4/c1-20(21-12-6-3-7-13-21)26(32)30-19-22(18-25(30)27(33)35-2)29-28(34)31(23-14-8-4-9-15-23)24-16-10-5-11-17-24/h3-17,20,22,25H,18-19H2,1-2H3,(H,29,34). The molecule has 7 nitrogen and oxygen atoms in total. The minimum absolute atomic E-state index is 0.175. The number of likely N-dealkylation sites (tertiary alicyclic amines) is 1. The van der Waals surface area contributed by atoms with Crippen molar-refractivity contribution in [3.63, 3.8) is 0 Å². The van der Waals surface area contributed by atoms with Crippen LogP contribution >= 0.6 is 0 Å². The lowest BCUT2D eigenvalue weighted by Crippen LogP contribution is -2.45. The average molecular weight is 472 g/mol. The lowest BCUT2D eigenvalue weighted by molar-refractivity contribution is -0.151. The Morgan fingerprint density at radius 1 is 0.886 bits per heavy atom. The molecule has 0 bridgehead atoms. The number of urea groups is 1. The molecule has 35 heavy (non-hydrogen) atoms. The molecule has 0 spiro atoms. The molecule has 3 atom stereocenters. The largest absolute Gasteiger partial charge is 0.467 e. The molecule has 1 saturated heterocycles. The number of ether oxygens (including phenoxy) is 1. The maximum atomic E-state index is 13.5. The van der Waals surface area contributed by atoms with Crippen molar-refractivity contribution in [2.24, 2.45) is 0 Å². The molecule has 0 saturated carbocycles. The van der Waals surface area contributed by atoms with Crippen LogP contribution in [0.4, 0.5) is 16.2 Å². The van der Waals surface area contributed by atoms with E-state index in [0.29, 0.717) is 11.4 Å². The fourth-order valence-corrected chi connectivity index (χ4v) is 4.45. The molecule has 7 heteroatoms. The number of nitrogens with zero attached hydrogens (tertiary/aromatic N) is 2. The van der Waals surface area contributed by atoms with Gasteiger partial charge < -0.3 is 15.0 Å². The van der Waals surface area contributed by atoms with E-state index in [9.17, 15) is 14.4 Å². The van der Waals surface area contributed by atoms with Gasteiger partial charge in [-0.25, -0.2) is 9.59 Å². The highest BCUT2D eigenvalue weighted by atomic mass is 16.5. The SMILES string of the molecule is COC(=O)C1CC(NC(=O)N(c2ccccc2)c2ccccc2)CN1C(=O)C(C)c1ccccc1. The van der Waals surface area contributed by atoms with Gasteiger partial charge in [0.25, 0.3) is 0 Å². The highest BCUT2D eigenvalue weighted by Crippen LogP contribution is 2.28. The number of esters is 1. The number of amides is 3. The number of hydrogen-bond donors (Lipinski definition) is 1. The van der Waals surface area contributed by atoms with Crippen molar-refractivity contribution in [2.75, 3.05) is 18.6 Å². The fourth-order valence-electron chi connectivity index (χ4n) is 4.45. The van der Waals surface area contributed by atoms with Gasteiger partial charge in [0.1, 0.15) is 6.04 Å². The van der Waals surface area contributed by atoms with Crippen LogP contribution in [0.15, 0.2) is 91.0 Å². The number of benzene rings is 3. The van der Waals surface area contributed by atoms with E-state index in [4.69, 9.17) is 4.74 Å². The summed E-state index contributed by atoms with van der Waals surface area (Å²) in [6.45, 7) is 2.05. The van der Waals surface area contributed by atoms with E-state index in [2.05, 4.69) is 5.32 Å². The first kappa shape index (κ1) is 24.0. The Labute approximate surface area is 205 Å². The summed E-state index contributed by atoms with van der Waals surface area (Å²) in [5.41, 5.74) is 2.29. The third kappa shape index (κ3) is 5.35. The van der Waals surface area contributed by atoms with E-state index >= 15 is 0 Å². The highest BCUT2D eigenvalue weighted by Gasteiger charge is 2.42. The lowest BCUT2D eigenvalue weighted by atomic mass is 9.99. The van der Waals surface area contributed by atoms with Gasteiger partial charge in [-0.2, -0.15) is 0 Å². The quantitative estimate of drug-likeness (QED) is 0.538. The molecule has 3 amide bonds. The number of carbonyl (C=O) groups is 3. The molecule has 1 fully saturated rings. The van der Waals surface area contributed by atoms with Crippen LogP contribution in [0.5, 0.6) is 0 Å². The molecule has 0 aliphatic carbocycles. The summed E-state index contributed by atoms with van der Waals surface area (Å²) in [5, 5.41) is 3.03. The van der Waals surface area contributed by atoms with Gasteiger partial charge in [-0.3, -0.25) is 9.69 Å². The maximum absolute atomic E-state index is 13.5. The molecule has 4 rings (SSSR count). The van der Waals surface area contributed by atoms with Gasteiger partial charge in [0.05, 0.1) is 30.4 Å². The van der Waals surface area contributed by atoms with Crippen LogP contribution in [0.2, 0.25) is 0 Å². The van der Waals surface area contributed by atoms with E-state index in [1.165, 1.54) is 12.0 Å². The molecule has 1 heterocycles. The highest BCUT2D eigenvalue weighted by molar-refractivity contribution is 5.99. The van der Waals surface area contributed by atoms with E-state index in [0.717, 1.165) is 5.56 Å². The molecule has 180 valence electrons. The smallest absolute Gasteiger partial charge is 0.328 e. The summed E-state index contributed by atoms with van der Waals surface area (Å²) in [6, 6.07) is 26.6. The van der Waals surface area contributed by atoms with Crippen molar-refractivity contribution in [1.82, 2.24) is 10.2 Å². The van der Waals surface area contributed by atoms with Crippen LogP contribution < -0.4 is 10.2 Å². The summed E-state index contributed by atoms with van der Waals surface area (Å²) in [6.07, 6.45) is 0.281. The molecular weight excluding hydrogens is 442 g/mol. The first-order valence-corrected chi connectivity index (χ1v) is 11.6. The van der Waals surface area contributed by atoms with Gasteiger partial charge in [0.2, 0.25) is 5.91 Å². The third-order valence-corrected chi connectivity index (χ3v) is 6.29. The first-order chi connectivity index (χ1) is 17.0. The van der Waals surface area contributed by atoms with Crippen molar-refractivity contribution in [3.05, 3.63) is 96.6 Å². The number of rotatable bonds is 6. The fraction of sp³-hybridized carbons (Fsp3) is 0.250. The van der Waals surface area contributed by atoms with E-state index in [-0.39, 0.29) is 24.9 Å². The lowest BCUT2D eigenvalue weighted by Gasteiger charge is -2.26. The van der Waals surface area contributed by atoms with E-state index < -0.39 is 24.0 Å². The van der Waals surface area contributed by atoms with Crippen molar-refractivity contribution < 1.29 is 19.1 Å². The van der Waals surface area contributed by atoms with E-state index in [1.54, 1.807) is 4.90 Å². The molecule has 0 aromatic heterocycles. The van der Waals surface area contributed by atoms with Crippen LogP contribution in [0, 0.1) is 0 Å². The Hall–Kier alpha value is -4.13. The molecule has 3 aromatic carbocycles. The van der Waals surface area contributed by atoms with Crippen LogP contribution in [0.3, 0.4) is 0 Å². The Morgan fingerprint density at radius 2 is 1.40 bits per heavy atom. The molecule has 3 aromatic rings. The third-order valence-electron chi connectivity index (χ3n) is 6.29. The van der Waals surface area contributed by atoms with Crippen molar-refractivity contribution >= 4 is 29.3 Å². The summed E-state index contributed by atoms with van der Waals surface area (Å²) in [5.74, 6) is -1.09. The molecule has 3 unspecified atom stereocenters. The topological polar surface area (TPSA) is 79.0 Å². The number of anilines is 2. The van der Waals surface area contributed by atoms with Crippen molar-refractivity contribution in [3.8, 4) is 0 Å². The Bertz CT molecular complexity index is 1120. The minimum Gasteiger partial charge on any atom is -0.467 e. The molecule has 1 N–H and O–H groups in total. The predicted octanol–water partition coefficient (Wildman–Crippen LogP) is 4.48. The predicted molar refractivity (Wildman–Crippen MR) is 134 cm³/mol. The van der Waals surface area contributed by atoms with Crippen LogP contribution in [0.25, 0.3) is 0 Å². The second kappa shape index (κ2) is 10.9. The zero-order chi connectivity index (χ0) is 24.8. The number of carbonyl (C=O) groups excluding carboxylic acids is 3. The van der Waals surface area contributed by atoms with Crippen LogP contribution in [0.1, 0.15) is 24.8 Å². The maximum Gasteiger partial charge on any atom is 0.328 e. The minimum atomic E-state index is -0.758. The zero-order valence-electron chi connectivity index (χ0n) is 19.8. The Balaban J connectivity index is 1.55. The Kier molecular flexibility index (Phi) is 7.45. The second-order valence-corrected chi connectivity index (χ2v) is 8.55. The molecule has 1 aliphatic heterocycles. The average Bonchev–Trinajstić information content (AvgIpc) is 3.33. The molecule has 1 aliphatic rings. The van der Waals surface area contributed by atoms with Gasteiger partial charge in [0, 0.05) is 13.0 Å².